The second-order valence-electron chi connectivity index (χ2n) is 2.47. The van der Waals surface area contributed by atoms with Crippen molar-refractivity contribution in [3.63, 3.8) is 0 Å². The van der Waals surface area contributed by atoms with Crippen LogP contribution in [0.2, 0.25) is 0 Å². The molecule has 14 heavy (non-hydrogen) atoms. The van der Waals surface area contributed by atoms with E-state index in [1.165, 1.54) is 6.07 Å². The molecule has 0 N–H and O–H groups in total. The summed E-state index contributed by atoms with van der Waals surface area (Å²) in [5, 5.41) is 8.36. The zero-order valence-electron chi connectivity index (χ0n) is 7.01. The molecular weight excluding hydrogens is 195 g/mol. The average Bonchev–Trinajstić information content (AvgIpc) is 2.09. The van der Waals surface area contributed by atoms with Gasteiger partial charge in [0, 0.05) is 11.6 Å². The van der Waals surface area contributed by atoms with E-state index in [0.717, 1.165) is 12.1 Å². The van der Waals surface area contributed by atoms with Gasteiger partial charge in [-0.25, -0.2) is 4.39 Å². The van der Waals surface area contributed by atoms with Gasteiger partial charge in [-0.3, -0.25) is 0 Å². The predicted molar refractivity (Wildman–Crippen MR) is 42.3 cm³/mol. The molecule has 74 valence electrons. The summed E-state index contributed by atoms with van der Waals surface area (Å²) >= 11 is 0. The van der Waals surface area contributed by atoms with Gasteiger partial charge in [-0.05, 0) is 6.07 Å². The first-order chi connectivity index (χ1) is 6.63. The van der Waals surface area contributed by atoms with E-state index in [4.69, 9.17) is 5.26 Å². The van der Waals surface area contributed by atoms with Gasteiger partial charge in [-0.2, -0.15) is 14.0 Å². The summed E-state index contributed by atoms with van der Waals surface area (Å²) in [7, 11) is 0. The van der Waals surface area contributed by atoms with E-state index in [0.29, 0.717) is 0 Å². The van der Waals surface area contributed by atoms with E-state index in [-0.39, 0.29) is 17.7 Å². The highest BCUT2D eigenvalue weighted by Crippen LogP contribution is 2.22. The van der Waals surface area contributed by atoms with Crippen LogP contribution in [-0.2, 0) is 6.42 Å². The van der Waals surface area contributed by atoms with E-state index >= 15 is 0 Å². The van der Waals surface area contributed by atoms with E-state index in [2.05, 4.69) is 4.74 Å². The highest BCUT2D eigenvalue weighted by molar-refractivity contribution is 5.35. The number of halogens is 3. The SMILES string of the molecule is N#CCc1ccc(F)cc1OC(F)F. The molecule has 1 aromatic rings. The summed E-state index contributed by atoms with van der Waals surface area (Å²) in [6, 6.07) is 4.94. The zero-order chi connectivity index (χ0) is 10.6. The van der Waals surface area contributed by atoms with E-state index in [1.807, 2.05) is 0 Å². The van der Waals surface area contributed by atoms with Crippen molar-refractivity contribution >= 4 is 0 Å². The summed E-state index contributed by atoms with van der Waals surface area (Å²) in [4.78, 5) is 0. The van der Waals surface area contributed by atoms with Crippen molar-refractivity contribution in [2.45, 2.75) is 13.0 Å². The van der Waals surface area contributed by atoms with Gasteiger partial charge in [-0.1, -0.05) is 6.07 Å². The molecule has 0 atom stereocenters. The fourth-order valence-electron chi connectivity index (χ4n) is 0.965. The molecule has 2 nitrogen and oxygen atoms in total. The van der Waals surface area contributed by atoms with Crippen molar-refractivity contribution in [2.24, 2.45) is 0 Å². The molecule has 5 heteroatoms. The fraction of sp³-hybridized carbons (Fsp3) is 0.222. The highest BCUT2D eigenvalue weighted by atomic mass is 19.3. The maximum absolute atomic E-state index is 12.6. The smallest absolute Gasteiger partial charge is 0.387 e. The number of alkyl halides is 2. The minimum Gasteiger partial charge on any atom is -0.434 e. The second kappa shape index (κ2) is 4.51. The van der Waals surface area contributed by atoms with Crippen LogP contribution in [-0.4, -0.2) is 6.61 Å². The summed E-state index contributed by atoms with van der Waals surface area (Å²) < 4.78 is 40.4. The Bertz CT molecular complexity index is 360. The van der Waals surface area contributed by atoms with Gasteiger partial charge in [0.05, 0.1) is 12.5 Å². The minimum absolute atomic E-state index is 0.0949. The van der Waals surface area contributed by atoms with Crippen molar-refractivity contribution < 1.29 is 17.9 Å². The van der Waals surface area contributed by atoms with Crippen molar-refractivity contribution in [3.8, 4) is 11.8 Å². The van der Waals surface area contributed by atoms with Crippen LogP contribution in [0.4, 0.5) is 13.2 Å². The van der Waals surface area contributed by atoms with Crippen LogP contribution in [0.3, 0.4) is 0 Å². The summed E-state index contributed by atoms with van der Waals surface area (Å²) in [5.41, 5.74) is 0.245. The average molecular weight is 201 g/mol. The Morgan fingerprint density at radius 3 is 2.71 bits per heavy atom. The van der Waals surface area contributed by atoms with Crippen LogP contribution >= 0.6 is 0 Å². The van der Waals surface area contributed by atoms with Gasteiger partial charge in [0.1, 0.15) is 11.6 Å². The minimum atomic E-state index is -3.02. The lowest BCUT2D eigenvalue weighted by Gasteiger charge is -2.07. The lowest BCUT2D eigenvalue weighted by Crippen LogP contribution is -2.04. The van der Waals surface area contributed by atoms with Crippen LogP contribution in [0.1, 0.15) is 5.56 Å². The number of rotatable bonds is 3. The molecule has 0 aliphatic carbocycles. The molecule has 0 saturated heterocycles. The standard InChI is InChI=1S/C9H6F3NO/c10-7-2-1-6(3-4-13)8(5-7)14-9(11)12/h1-2,5,9H,3H2. The van der Waals surface area contributed by atoms with Crippen molar-refractivity contribution in [1.29, 1.82) is 5.26 Å². The molecule has 0 heterocycles. The molecule has 0 bridgehead atoms. The monoisotopic (exact) mass is 201 g/mol. The zero-order valence-corrected chi connectivity index (χ0v) is 7.01. The Morgan fingerprint density at radius 1 is 1.43 bits per heavy atom. The molecule has 0 aromatic heterocycles. The quantitative estimate of drug-likeness (QED) is 0.752. The third-order valence-corrected chi connectivity index (χ3v) is 1.51. The second-order valence-corrected chi connectivity index (χ2v) is 2.47. The molecule has 0 amide bonds. The molecule has 1 rings (SSSR count). The largest absolute Gasteiger partial charge is 0.434 e. The van der Waals surface area contributed by atoms with Gasteiger partial charge in [-0.15, -0.1) is 0 Å². The fourth-order valence-corrected chi connectivity index (χ4v) is 0.965. The number of hydrogen-bond acceptors (Lipinski definition) is 2. The summed E-state index contributed by atoms with van der Waals surface area (Å²) in [5.74, 6) is -0.969. The number of benzene rings is 1. The third-order valence-electron chi connectivity index (χ3n) is 1.51. The van der Waals surface area contributed by atoms with Gasteiger partial charge in [0.25, 0.3) is 0 Å². The van der Waals surface area contributed by atoms with E-state index in [1.54, 1.807) is 6.07 Å². The molecule has 0 aliphatic rings. The number of nitrogens with zero attached hydrogens (tertiary/aromatic N) is 1. The predicted octanol–water partition coefficient (Wildman–Crippen LogP) is 2.49. The first-order valence-electron chi connectivity index (χ1n) is 3.73. The van der Waals surface area contributed by atoms with Crippen LogP contribution in [0.5, 0.6) is 5.75 Å². The van der Waals surface area contributed by atoms with Gasteiger partial charge in [0.15, 0.2) is 0 Å². The molecule has 0 spiro atoms. The Kier molecular flexibility index (Phi) is 3.35. The first-order valence-corrected chi connectivity index (χ1v) is 3.73. The van der Waals surface area contributed by atoms with Crippen molar-refractivity contribution in [3.05, 3.63) is 29.6 Å². The third kappa shape index (κ3) is 2.66. The molecular formula is C9H6F3NO. The van der Waals surface area contributed by atoms with Crippen molar-refractivity contribution in [2.75, 3.05) is 0 Å². The van der Waals surface area contributed by atoms with Gasteiger partial charge in [0.2, 0.25) is 0 Å². The molecule has 0 fully saturated rings. The maximum Gasteiger partial charge on any atom is 0.387 e. The first kappa shape index (κ1) is 10.4. The number of ether oxygens (including phenoxy) is 1. The Balaban J connectivity index is 2.97. The number of nitriles is 1. The van der Waals surface area contributed by atoms with Crippen LogP contribution < -0.4 is 4.74 Å². The van der Waals surface area contributed by atoms with Crippen molar-refractivity contribution in [1.82, 2.24) is 0 Å². The van der Waals surface area contributed by atoms with E-state index in [9.17, 15) is 13.2 Å². The van der Waals surface area contributed by atoms with E-state index < -0.39 is 12.4 Å². The Labute approximate surface area is 78.5 Å². The summed E-state index contributed by atoms with van der Waals surface area (Å²) in [6.07, 6.45) is -0.0949. The molecule has 0 unspecified atom stereocenters. The topological polar surface area (TPSA) is 33.0 Å². The lowest BCUT2D eigenvalue weighted by atomic mass is 10.1. The van der Waals surface area contributed by atoms with Crippen LogP contribution in [0.15, 0.2) is 18.2 Å². The molecule has 0 aliphatic heterocycles. The van der Waals surface area contributed by atoms with Gasteiger partial charge < -0.3 is 4.74 Å². The highest BCUT2D eigenvalue weighted by Gasteiger charge is 2.10. The maximum atomic E-state index is 12.6. The normalized spacial score (nSPS) is 9.93. The Morgan fingerprint density at radius 2 is 2.14 bits per heavy atom. The molecule has 0 radical (unpaired) electrons. The Hall–Kier alpha value is -1.70. The van der Waals surface area contributed by atoms with Crippen LogP contribution in [0, 0.1) is 17.1 Å². The molecule has 0 saturated carbocycles. The molecule has 1 aromatic carbocycles. The van der Waals surface area contributed by atoms with Crippen LogP contribution in [0.25, 0.3) is 0 Å². The van der Waals surface area contributed by atoms with Gasteiger partial charge >= 0.3 is 6.61 Å². The lowest BCUT2D eigenvalue weighted by molar-refractivity contribution is -0.0505. The number of hydrogen-bond donors (Lipinski definition) is 0. The summed E-state index contributed by atoms with van der Waals surface area (Å²) in [6.45, 7) is -3.02.